The van der Waals surface area contributed by atoms with Gasteiger partial charge in [0.05, 0.1) is 17.5 Å². The second-order valence-corrected chi connectivity index (χ2v) is 9.45. The number of halogens is 3. The van der Waals surface area contributed by atoms with Crippen LogP contribution in [0.2, 0.25) is 5.15 Å². The second-order valence-electron chi connectivity index (χ2n) is 9.09. The lowest BCUT2D eigenvalue weighted by atomic mass is 9.95. The van der Waals surface area contributed by atoms with E-state index >= 15 is 0 Å². The van der Waals surface area contributed by atoms with Crippen LogP contribution < -0.4 is 15.0 Å². The summed E-state index contributed by atoms with van der Waals surface area (Å²) in [6, 6.07) is -0.0196. The fourth-order valence-electron chi connectivity index (χ4n) is 5.29. The van der Waals surface area contributed by atoms with Crippen molar-refractivity contribution in [3.05, 3.63) is 17.2 Å². The van der Waals surface area contributed by atoms with Crippen LogP contribution in [-0.2, 0) is 9.53 Å². The molecule has 184 valence electrons. The van der Waals surface area contributed by atoms with Crippen LogP contribution in [0.15, 0.2) is 6.20 Å². The Hall–Kier alpha value is -2.37. The Morgan fingerprint density at radius 1 is 1.35 bits per heavy atom. The zero-order chi connectivity index (χ0) is 23.9. The predicted molar refractivity (Wildman–Crippen MR) is 121 cm³/mol. The second kappa shape index (κ2) is 9.35. The Bertz CT molecular complexity index is 1090. The number of fused-ring (bicyclic) bond motifs is 2. The highest BCUT2D eigenvalue weighted by molar-refractivity contribution is 6.30. The largest absolute Gasteiger partial charge is 0.461 e. The van der Waals surface area contributed by atoms with Crippen LogP contribution in [0.1, 0.15) is 25.7 Å². The molecule has 2 aromatic heterocycles. The van der Waals surface area contributed by atoms with Gasteiger partial charge in [-0.1, -0.05) is 11.6 Å². The van der Waals surface area contributed by atoms with Crippen LogP contribution in [0.3, 0.4) is 0 Å². The number of nitrogens with zero attached hydrogens (tertiary/aromatic N) is 5. The molecule has 3 aliphatic heterocycles. The summed E-state index contributed by atoms with van der Waals surface area (Å²) in [5, 5.41) is 2.66. The van der Waals surface area contributed by atoms with E-state index in [2.05, 4.69) is 25.2 Å². The number of amides is 1. The van der Waals surface area contributed by atoms with E-state index in [-0.39, 0.29) is 35.7 Å². The highest BCUT2D eigenvalue weighted by Crippen LogP contribution is 2.40. The van der Waals surface area contributed by atoms with E-state index in [9.17, 15) is 13.6 Å². The van der Waals surface area contributed by atoms with E-state index in [1.165, 1.54) is 6.20 Å². The van der Waals surface area contributed by atoms with Gasteiger partial charge in [-0.2, -0.15) is 9.97 Å². The van der Waals surface area contributed by atoms with Gasteiger partial charge in [0.1, 0.15) is 24.1 Å². The van der Waals surface area contributed by atoms with Gasteiger partial charge < -0.3 is 19.7 Å². The Morgan fingerprint density at radius 3 is 3.03 bits per heavy atom. The SMILES string of the molecule is CNC(=O)C1CN(c2nc(OC[C@@]34CCCN3C[C@H](F)C4)nc3c(F)c(Cl)ncc23)CCCO1. The molecule has 0 bridgehead atoms. The van der Waals surface area contributed by atoms with Crippen molar-refractivity contribution in [2.75, 3.05) is 51.3 Å². The summed E-state index contributed by atoms with van der Waals surface area (Å²) < 4.78 is 40.8. The van der Waals surface area contributed by atoms with Crippen molar-refractivity contribution in [3.63, 3.8) is 0 Å². The molecule has 34 heavy (non-hydrogen) atoms. The molecule has 0 saturated carbocycles. The van der Waals surface area contributed by atoms with Crippen molar-refractivity contribution in [1.29, 1.82) is 0 Å². The van der Waals surface area contributed by atoms with E-state index in [1.54, 1.807) is 7.05 Å². The smallest absolute Gasteiger partial charge is 0.319 e. The minimum absolute atomic E-state index is 0.0165. The molecule has 12 heteroatoms. The van der Waals surface area contributed by atoms with E-state index in [1.807, 2.05) is 4.90 Å². The first kappa shape index (κ1) is 23.4. The summed E-state index contributed by atoms with van der Waals surface area (Å²) in [5.74, 6) is -0.638. The number of carbonyl (C=O) groups is 1. The van der Waals surface area contributed by atoms with Gasteiger partial charge in [-0.3, -0.25) is 9.69 Å². The number of nitrogens with one attached hydrogen (secondary N) is 1. The number of pyridine rings is 1. The van der Waals surface area contributed by atoms with Gasteiger partial charge >= 0.3 is 6.01 Å². The third-order valence-corrected chi connectivity index (χ3v) is 7.21. The van der Waals surface area contributed by atoms with E-state index in [4.69, 9.17) is 21.1 Å². The molecule has 1 unspecified atom stereocenters. The molecular formula is C22H27ClF2N6O3. The molecule has 3 saturated heterocycles. The first-order chi connectivity index (χ1) is 16.4. The third kappa shape index (κ3) is 4.25. The van der Waals surface area contributed by atoms with Crippen LogP contribution in [0.4, 0.5) is 14.6 Å². The minimum Gasteiger partial charge on any atom is -0.461 e. The third-order valence-electron chi connectivity index (χ3n) is 6.95. The van der Waals surface area contributed by atoms with Crippen molar-refractivity contribution in [2.45, 2.75) is 43.5 Å². The summed E-state index contributed by atoms with van der Waals surface area (Å²) in [6.45, 7) is 2.60. The minimum atomic E-state index is -0.891. The first-order valence-electron chi connectivity index (χ1n) is 11.5. The Labute approximate surface area is 200 Å². The van der Waals surface area contributed by atoms with Crippen molar-refractivity contribution in [2.24, 2.45) is 0 Å². The Morgan fingerprint density at radius 2 is 2.21 bits per heavy atom. The van der Waals surface area contributed by atoms with Crippen LogP contribution in [0.5, 0.6) is 6.01 Å². The molecule has 5 rings (SSSR count). The fraction of sp³-hybridized carbons (Fsp3) is 0.636. The van der Waals surface area contributed by atoms with E-state index in [0.717, 1.165) is 19.4 Å². The highest BCUT2D eigenvalue weighted by Gasteiger charge is 2.49. The quantitative estimate of drug-likeness (QED) is 0.629. The van der Waals surface area contributed by atoms with Crippen LogP contribution >= 0.6 is 11.6 Å². The molecule has 0 aromatic carbocycles. The lowest BCUT2D eigenvalue weighted by Crippen LogP contribution is -2.43. The summed E-state index contributed by atoms with van der Waals surface area (Å²) in [5.41, 5.74) is -0.412. The number of carbonyl (C=O) groups excluding carboxylic acids is 1. The van der Waals surface area contributed by atoms with E-state index in [0.29, 0.717) is 43.7 Å². The zero-order valence-electron chi connectivity index (χ0n) is 18.9. The molecule has 3 atom stereocenters. The average molecular weight is 497 g/mol. The van der Waals surface area contributed by atoms with Crippen molar-refractivity contribution >= 4 is 34.2 Å². The molecule has 2 aromatic rings. The number of aromatic nitrogens is 3. The number of anilines is 1. The van der Waals surface area contributed by atoms with Gasteiger partial charge in [0.25, 0.3) is 5.91 Å². The molecule has 0 spiro atoms. The molecular weight excluding hydrogens is 470 g/mol. The summed E-state index contributed by atoms with van der Waals surface area (Å²) in [4.78, 5) is 29.1. The maximum Gasteiger partial charge on any atom is 0.319 e. The van der Waals surface area contributed by atoms with Crippen molar-refractivity contribution in [3.8, 4) is 6.01 Å². The molecule has 3 aliphatic rings. The zero-order valence-corrected chi connectivity index (χ0v) is 19.7. The van der Waals surface area contributed by atoms with Gasteiger partial charge in [0.2, 0.25) is 0 Å². The number of hydrogen-bond acceptors (Lipinski definition) is 8. The molecule has 3 fully saturated rings. The monoisotopic (exact) mass is 496 g/mol. The maximum absolute atomic E-state index is 15.0. The van der Waals surface area contributed by atoms with Crippen LogP contribution in [0.25, 0.3) is 10.9 Å². The van der Waals surface area contributed by atoms with Gasteiger partial charge in [-0.25, -0.2) is 13.8 Å². The number of alkyl halides is 1. The lowest BCUT2D eigenvalue weighted by molar-refractivity contribution is -0.131. The van der Waals surface area contributed by atoms with Gasteiger partial charge in [0, 0.05) is 39.4 Å². The molecule has 0 aliphatic carbocycles. The first-order valence-corrected chi connectivity index (χ1v) is 11.9. The molecule has 1 amide bonds. The average Bonchev–Trinajstić information content (AvgIpc) is 3.23. The molecule has 9 nitrogen and oxygen atoms in total. The summed E-state index contributed by atoms with van der Waals surface area (Å²) in [7, 11) is 1.55. The summed E-state index contributed by atoms with van der Waals surface area (Å²) >= 11 is 5.93. The van der Waals surface area contributed by atoms with Gasteiger partial charge in [-0.15, -0.1) is 0 Å². The Balaban J connectivity index is 1.50. The molecule has 5 heterocycles. The maximum atomic E-state index is 15.0. The Kier molecular flexibility index (Phi) is 6.43. The highest BCUT2D eigenvalue weighted by atomic mass is 35.5. The molecule has 0 radical (unpaired) electrons. The van der Waals surface area contributed by atoms with Gasteiger partial charge in [0.15, 0.2) is 17.1 Å². The van der Waals surface area contributed by atoms with Crippen molar-refractivity contribution < 1.29 is 23.0 Å². The topological polar surface area (TPSA) is 92.7 Å². The normalized spacial score (nSPS) is 27.6. The van der Waals surface area contributed by atoms with Crippen LogP contribution in [0, 0.1) is 5.82 Å². The lowest BCUT2D eigenvalue weighted by Gasteiger charge is -2.31. The number of ether oxygens (including phenoxy) is 2. The standard InChI is InChI=1S/C22H27ClF2N6O3/c1-26-20(32)15-11-30(5-3-7-33-15)19-14-9-27-18(23)16(25)17(14)28-21(29-19)34-12-22-4-2-6-31(22)10-13(24)8-22/h9,13,15H,2-8,10-12H2,1H3,(H,26,32)/t13-,15?,22+/m1/s1. The van der Waals surface area contributed by atoms with E-state index < -0.39 is 23.6 Å². The predicted octanol–water partition coefficient (Wildman–Crippen LogP) is 2.11. The summed E-state index contributed by atoms with van der Waals surface area (Å²) in [6.07, 6.45) is 2.67. The van der Waals surface area contributed by atoms with Gasteiger partial charge in [-0.05, 0) is 25.8 Å². The number of rotatable bonds is 5. The molecule has 1 N–H and O–H groups in total. The van der Waals surface area contributed by atoms with Crippen LogP contribution in [-0.4, -0.2) is 90.0 Å². The van der Waals surface area contributed by atoms with Crippen molar-refractivity contribution in [1.82, 2.24) is 25.2 Å². The number of hydrogen-bond donors (Lipinski definition) is 1. The number of likely N-dealkylation sites (N-methyl/N-ethyl adjacent to an activating group) is 1. The fourth-order valence-corrected chi connectivity index (χ4v) is 5.43.